The second-order valence-electron chi connectivity index (χ2n) is 8.21. The molecule has 0 aliphatic carbocycles. The molecule has 2 aliphatic rings. The summed E-state index contributed by atoms with van der Waals surface area (Å²) in [5.74, 6) is -1.74. The van der Waals surface area contributed by atoms with E-state index in [1.165, 1.54) is 24.3 Å². The average Bonchev–Trinajstić information content (AvgIpc) is 3.09. The van der Waals surface area contributed by atoms with Crippen LogP contribution in [0.4, 0.5) is 11.4 Å². The fourth-order valence-electron chi connectivity index (χ4n) is 4.41. The zero-order valence-corrected chi connectivity index (χ0v) is 18.3. The van der Waals surface area contributed by atoms with Crippen LogP contribution in [0.3, 0.4) is 0 Å². The summed E-state index contributed by atoms with van der Waals surface area (Å²) in [5, 5.41) is 31.9. The number of Topliss-reactive ketones (excluding diaryl/α,β-unsaturated/α-hetero) is 1. The monoisotopic (exact) mass is 458 g/mol. The second kappa shape index (κ2) is 8.15. The maximum Gasteiger partial charge on any atom is 0.300 e. The standard InChI is InChI=1S/C26H22N2O6/c1-27-11-12-34-21-10-9-16(14-19(21)27)24(31)22-23(15-5-4-6-17(29)13-15)28(26(33)25(22)32)18-7-2-3-8-20(18)30/h2-10,13-14,23,29-31H,11-12H2,1H3/b24-22-. The van der Waals surface area contributed by atoms with E-state index in [0.717, 1.165) is 10.6 Å². The first-order chi connectivity index (χ1) is 16.4. The van der Waals surface area contributed by atoms with Gasteiger partial charge in [-0.2, -0.15) is 0 Å². The highest BCUT2D eigenvalue weighted by atomic mass is 16.5. The van der Waals surface area contributed by atoms with E-state index in [0.29, 0.717) is 30.0 Å². The van der Waals surface area contributed by atoms with E-state index in [9.17, 15) is 24.9 Å². The number of hydrogen-bond donors (Lipinski definition) is 3. The summed E-state index contributed by atoms with van der Waals surface area (Å²) < 4.78 is 5.66. The van der Waals surface area contributed by atoms with E-state index >= 15 is 0 Å². The molecule has 2 heterocycles. The summed E-state index contributed by atoms with van der Waals surface area (Å²) >= 11 is 0. The number of rotatable bonds is 3. The number of amides is 1. The van der Waals surface area contributed by atoms with Gasteiger partial charge in [0.25, 0.3) is 11.7 Å². The highest BCUT2D eigenvalue weighted by Gasteiger charge is 2.47. The number of fused-ring (bicyclic) bond motifs is 1. The smallest absolute Gasteiger partial charge is 0.300 e. The first kappa shape index (κ1) is 21.4. The number of anilines is 2. The highest BCUT2D eigenvalue weighted by Crippen LogP contribution is 2.45. The lowest BCUT2D eigenvalue weighted by molar-refractivity contribution is -0.132. The molecule has 3 aromatic rings. The number of phenols is 2. The number of aliphatic hydroxyl groups excluding tert-OH is 1. The minimum absolute atomic E-state index is 0.0621. The fourth-order valence-corrected chi connectivity index (χ4v) is 4.41. The Labute approximate surface area is 195 Å². The zero-order chi connectivity index (χ0) is 24.0. The van der Waals surface area contributed by atoms with Crippen molar-refractivity contribution in [3.05, 3.63) is 83.4 Å². The van der Waals surface area contributed by atoms with Gasteiger partial charge in [0.2, 0.25) is 0 Å². The molecule has 1 saturated heterocycles. The Kier molecular flexibility index (Phi) is 5.13. The van der Waals surface area contributed by atoms with E-state index in [-0.39, 0.29) is 28.5 Å². The number of carbonyl (C=O) groups is 2. The first-order valence-electron chi connectivity index (χ1n) is 10.7. The average molecular weight is 458 g/mol. The summed E-state index contributed by atoms with van der Waals surface area (Å²) in [6, 6.07) is 16.3. The van der Waals surface area contributed by atoms with E-state index in [1.807, 2.05) is 11.9 Å². The van der Waals surface area contributed by atoms with Crippen molar-refractivity contribution in [2.75, 3.05) is 30.0 Å². The summed E-state index contributed by atoms with van der Waals surface area (Å²) in [6.07, 6.45) is 0. The largest absolute Gasteiger partial charge is 0.508 e. The van der Waals surface area contributed by atoms with Gasteiger partial charge in [-0.25, -0.2) is 0 Å². The van der Waals surface area contributed by atoms with Crippen molar-refractivity contribution in [2.24, 2.45) is 0 Å². The minimum Gasteiger partial charge on any atom is -0.508 e. The van der Waals surface area contributed by atoms with Crippen LogP contribution in [0.25, 0.3) is 5.76 Å². The van der Waals surface area contributed by atoms with Gasteiger partial charge < -0.3 is 25.0 Å². The second-order valence-corrected chi connectivity index (χ2v) is 8.21. The van der Waals surface area contributed by atoms with Crippen LogP contribution in [-0.2, 0) is 9.59 Å². The predicted octanol–water partition coefficient (Wildman–Crippen LogP) is 3.55. The van der Waals surface area contributed by atoms with Gasteiger partial charge in [0.1, 0.15) is 29.6 Å². The number of para-hydroxylation sites is 2. The molecule has 1 fully saturated rings. The molecular weight excluding hydrogens is 436 g/mol. The number of carbonyl (C=O) groups excluding carboxylic acids is 2. The van der Waals surface area contributed by atoms with Gasteiger partial charge in [0, 0.05) is 12.6 Å². The van der Waals surface area contributed by atoms with Gasteiger partial charge in [-0.3, -0.25) is 14.5 Å². The van der Waals surface area contributed by atoms with Crippen LogP contribution in [0.2, 0.25) is 0 Å². The van der Waals surface area contributed by atoms with Gasteiger partial charge in [-0.1, -0.05) is 24.3 Å². The fraction of sp³-hybridized carbons (Fsp3) is 0.154. The molecule has 1 amide bonds. The number of hydrogen-bond acceptors (Lipinski definition) is 7. The number of aliphatic hydroxyl groups is 1. The Morgan fingerprint density at radius 2 is 1.76 bits per heavy atom. The van der Waals surface area contributed by atoms with Gasteiger partial charge in [0.15, 0.2) is 0 Å². The van der Waals surface area contributed by atoms with E-state index in [1.54, 1.807) is 42.5 Å². The molecule has 172 valence electrons. The normalized spacial score (nSPS) is 19.1. The highest BCUT2D eigenvalue weighted by molar-refractivity contribution is 6.52. The van der Waals surface area contributed by atoms with Crippen LogP contribution in [0.1, 0.15) is 17.2 Å². The van der Waals surface area contributed by atoms with Crippen molar-refractivity contribution < 1.29 is 29.6 Å². The Morgan fingerprint density at radius 1 is 0.971 bits per heavy atom. The maximum atomic E-state index is 13.2. The Hall–Kier alpha value is -4.46. The van der Waals surface area contributed by atoms with E-state index < -0.39 is 17.7 Å². The lowest BCUT2D eigenvalue weighted by Gasteiger charge is -2.28. The number of ketones is 1. The van der Waals surface area contributed by atoms with Crippen molar-refractivity contribution >= 4 is 28.8 Å². The molecule has 34 heavy (non-hydrogen) atoms. The zero-order valence-electron chi connectivity index (χ0n) is 18.3. The van der Waals surface area contributed by atoms with Gasteiger partial charge in [-0.15, -0.1) is 0 Å². The van der Waals surface area contributed by atoms with Crippen LogP contribution in [0.5, 0.6) is 17.2 Å². The molecule has 8 nitrogen and oxygen atoms in total. The molecular formula is C26H22N2O6. The molecule has 1 atom stereocenters. The van der Waals surface area contributed by atoms with Crippen molar-refractivity contribution in [3.63, 3.8) is 0 Å². The van der Waals surface area contributed by atoms with Crippen LogP contribution in [0, 0.1) is 0 Å². The maximum absolute atomic E-state index is 13.2. The van der Waals surface area contributed by atoms with E-state index in [2.05, 4.69) is 0 Å². The lowest BCUT2D eigenvalue weighted by Crippen LogP contribution is -2.29. The Morgan fingerprint density at radius 3 is 2.53 bits per heavy atom. The third-order valence-corrected chi connectivity index (χ3v) is 6.10. The SMILES string of the molecule is CN1CCOc2ccc(/C(O)=C3/C(=O)C(=O)N(c4ccccc4O)C3c3cccc(O)c3)cc21. The molecule has 0 saturated carbocycles. The van der Waals surface area contributed by atoms with Crippen molar-refractivity contribution in [1.29, 1.82) is 0 Å². The van der Waals surface area contributed by atoms with Gasteiger partial charge >= 0.3 is 0 Å². The number of phenolic OH excluding ortho intramolecular Hbond substituents is 2. The van der Waals surface area contributed by atoms with Crippen molar-refractivity contribution in [2.45, 2.75) is 6.04 Å². The molecule has 3 aromatic carbocycles. The third kappa shape index (κ3) is 3.40. The summed E-state index contributed by atoms with van der Waals surface area (Å²) in [4.78, 5) is 29.6. The van der Waals surface area contributed by atoms with Gasteiger partial charge in [0.05, 0.1) is 29.5 Å². The molecule has 0 radical (unpaired) electrons. The molecule has 0 bridgehead atoms. The first-order valence-corrected chi connectivity index (χ1v) is 10.7. The molecule has 3 N–H and O–H groups in total. The van der Waals surface area contributed by atoms with Crippen LogP contribution < -0.4 is 14.5 Å². The van der Waals surface area contributed by atoms with Crippen LogP contribution in [-0.4, -0.2) is 47.2 Å². The summed E-state index contributed by atoms with van der Waals surface area (Å²) in [6.45, 7) is 1.20. The van der Waals surface area contributed by atoms with Crippen LogP contribution >= 0.6 is 0 Å². The lowest BCUT2D eigenvalue weighted by atomic mass is 9.94. The summed E-state index contributed by atoms with van der Waals surface area (Å²) in [5.41, 5.74) is 1.48. The topological polar surface area (TPSA) is 111 Å². The molecule has 8 heteroatoms. The van der Waals surface area contributed by atoms with Crippen molar-refractivity contribution in [3.8, 4) is 17.2 Å². The van der Waals surface area contributed by atoms with Gasteiger partial charge in [-0.05, 0) is 48.0 Å². The third-order valence-electron chi connectivity index (χ3n) is 6.10. The molecule has 0 aromatic heterocycles. The number of aromatic hydroxyl groups is 2. The molecule has 2 aliphatic heterocycles. The molecule has 5 rings (SSSR count). The quantitative estimate of drug-likeness (QED) is 0.313. The minimum atomic E-state index is -1.06. The van der Waals surface area contributed by atoms with Crippen molar-refractivity contribution in [1.82, 2.24) is 0 Å². The molecule has 1 unspecified atom stereocenters. The predicted molar refractivity (Wildman–Crippen MR) is 126 cm³/mol. The number of benzene rings is 3. The number of likely N-dealkylation sites (N-methyl/N-ethyl adjacent to an activating group) is 1. The number of ether oxygens (including phenoxy) is 1. The number of nitrogens with zero attached hydrogens (tertiary/aromatic N) is 2. The van der Waals surface area contributed by atoms with Crippen LogP contribution in [0.15, 0.2) is 72.3 Å². The summed E-state index contributed by atoms with van der Waals surface area (Å²) in [7, 11) is 1.90. The Balaban J connectivity index is 1.72. The Bertz CT molecular complexity index is 1350. The molecule has 0 spiro atoms. The van der Waals surface area contributed by atoms with E-state index in [4.69, 9.17) is 4.74 Å².